The molecule has 0 radical (unpaired) electrons. The first-order valence-corrected chi connectivity index (χ1v) is 7.94. The second kappa shape index (κ2) is 13.5. The third-order valence-corrected chi connectivity index (χ3v) is 3.53. The SMILES string of the molecule is CCC(CCC(=O)OCCOC(=O)CCC(CC)OC)OC. The number of hydrogen-bond donors (Lipinski definition) is 0. The molecular formula is C16H30O6. The maximum Gasteiger partial charge on any atom is 0.306 e. The van der Waals surface area contributed by atoms with Gasteiger partial charge in [-0.05, 0) is 25.7 Å². The number of methoxy groups -OCH3 is 2. The number of ether oxygens (including phenoxy) is 4. The van der Waals surface area contributed by atoms with E-state index in [-0.39, 0.29) is 37.4 Å². The Morgan fingerprint density at radius 2 is 1.14 bits per heavy atom. The average Bonchev–Trinajstić information content (AvgIpc) is 2.53. The molecule has 0 saturated heterocycles. The van der Waals surface area contributed by atoms with Crippen LogP contribution in [0.3, 0.4) is 0 Å². The molecule has 0 amide bonds. The molecule has 0 spiro atoms. The molecule has 6 nitrogen and oxygen atoms in total. The van der Waals surface area contributed by atoms with Crippen LogP contribution in [0.2, 0.25) is 0 Å². The van der Waals surface area contributed by atoms with Gasteiger partial charge in [0.15, 0.2) is 0 Å². The molecule has 0 heterocycles. The highest BCUT2D eigenvalue weighted by Gasteiger charge is 2.11. The molecule has 22 heavy (non-hydrogen) atoms. The minimum Gasteiger partial charge on any atom is -0.462 e. The maximum atomic E-state index is 11.5. The fourth-order valence-electron chi connectivity index (χ4n) is 1.99. The van der Waals surface area contributed by atoms with Gasteiger partial charge in [0.05, 0.1) is 12.2 Å². The first-order chi connectivity index (χ1) is 10.6. The van der Waals surface area contributed by atoms with E-state index < -0.39 is 0 Å². The number of rotatable bonds is 13. The lowest BCUT2D eigenvalue weighted by molar-refractivity contribution is -0.153. The summed E-state index contributed by atoms with van der Waals surface area (Å²) in [6.45, 7) is 4.20. The van der Waals surface area contributed by atoms with Crippen molar-refractivity contribution in [2.75, 3.05) is 27.4 Å². The Balaban J connectivity index is 3.62. The van der Waals surface area contributed by atoms with E-state index in [1.54, 1.807) is 14.2 Å². The first kappa shape index (κ1) is 20.9. The molecular weight excluding hydrogens is 288 g/mol. The van der Waals surface area contributed by atoms with Gasteiger partial charge in [0, 0.05) is 27.1 Å². The van der Waals surface area contributed by atoms with Crippen LogP contribution in [0.5, 0.6) is 0 Å². The summed E-state index contributed by atoms with van der Waals surface area (Å²) < 4.78 is 20.4. The van der Waals surface area contributed by atoms with E-state index in [4.69, 9.17) is 18.9 Å². The molecule has 130 valence electrons. The zero-order chi connectivity index (χ0) is 16.8. The molecule has 0 aromatic rings. The molecule has 0 aromatic carbocycles. The molecule has 0 aromatic heterocycles. The molecule has 0 fully saturated rings. The summed E-state index contributed by atoms with van der Waals surface area (Å²) in [5.74, 6) is -0.589. The standard InChI is InChI=1S/C16H30O6/c1-5-13(19-3)7-9-15(17)21-11-12-22-16(18)10-8-14(6-2)20-4/h13-14H,5-12H2,1-4H3. The molecule has 2 atom stereocenters. The molecule has 0 bridgehead atoms. The van der Waals surface area contributed by atoms with Crippen molar-refractivity contribution in [2.45, 2.75) is 64.6 Å². The number of carbonyl (C=O) groups excluding carboxylic acids is 2. The fraction of sp³-hybridized carbons (Fsp3) is 0.875. The Morgan fingerprint density at radius 1 is 0.773 bits per heavy atom. The average molecular weight is 318 g/mol. The molecule has 6 heteroatoms. The summed E-state index contributed by atoms with van der Waals surface area (Å²) in [6.07, 6.45) is 3.79. The van der Waals surface area contributed by atoms with E-state index in [0.29, 0.717) is 25.7 Å². The van der Waals surface area contributed by atoms with Crippen LogP contribution in [0, 0.1) is 0 Å². The lowest BCUT2D eigenvalue weighted by atomic mass is 10.1. The third-order valence-electron chi connectivity index (χ3n) is 3.53. The number of carbonyl (C=O) groups is 2. The Morgan fingerprint density at radius 3 is 1.41 bits per heavy atom. The van der Waals surface area contributed by atoms with Gasteiger partial charge in [-0.15, -0.1) is 0 Å². The van der Waals surface area contributed by atoms with Gasteiger partial charge in [-0.2, -0.15) is 0 Å². The van der Waals surface area contributed by atoms with Crippen LogP contribution < -0.4 is 0 Å². The fourth-order valence-corrected chi connectivity index (χ4v) is 1.99. The van der Waals surface area contributed by atoms with Crippen molar-refractivity contribution < 1.29 is 28.5 Å². The highest BCUT2D eigenvalue weighted by atomic mass is 16.6. The molecule has 0 aliphatic carbocycles. The van der Waals surface area contributed by atoms with Crippen LogP contribution in [0.15, 0.2) is 0 Å². The Labute approximate surface area is 133 Å². The minimum absolute atomic E-state index is 0.0812. The third kappa shape index (κ3) is 10.6. The Hall–Kier alpha value is -1.14. The summed E-state index contributed by atoms with van der Waals surface area (Å²) in [5, 5.41) is 0. The monoisotopic (exact) mass is 318 g/mol. The van der Waals surface area contributed by atoms with Crippen LogP contribution in [-0.4, -0.2) is 51.6 Å². The lowest BCUT2D eigenvalue weighted by Crippen LogP contribution is -2.17. The quantitative estimate of drug-likeness (QED) is 0.384. The van der Waals surface area contributed by atoms with Crippen LogP contribution >= 0.6 is 0 Å². The van der Waals surface area contributed by atoms with Crippen molar-refractivity contribution in [1.82, 2.24) is 0 Å². The Kier molecular flexibility index (Phi) is 12.8. The molecule has 0 saturated carbocycles. The van der Waals surface area contributed by atoms with Gasteiger partial charge in [-0.25, -0.2) is 0 Å². The van der Waals surface area contributed by atoms with Gasteiger partial charge in [0.25, 0.3) is 0 Å². The molecule has 0 N–H and O–H groups in total. The maximum absolute atomic E-state index is 11.5. The van der Waals surface area contributed by atoms with Gasteiger partial charge in [-0.3, -0.25) is 9.59 Å². The van der Waals surface area contributed by atoms with Gasteiger partial charge in [0.1, 0.15) is 13.2 Å². The highest BCUT2D eigenvalue weighted by molar-refractivity contribution is 5.70. The number of esters is 2. The molecule has 0 rings (SSSR count). The van der Waals surface area contributed by atoms with Crippen molar-refractivity contribution in [3.05, 3.63) is 0 Å². The normalized spacial score (nSPS) is 13.5. The van der Waals surface area contributed by atoms with Crippen molar-refractivity contribution in [2.24, 2.45) is 0 Å². The summed E-state index contributed by atoms with van der Waals surface area (Å²) in [4.78, 5) is 23.0. The smallest absolute Gasteiger partial charge is 0.306 e. The highest BCUT2D eigenvalue weighted by Crippen LogP contribution is 2.07. The van der Waals surface area contributed by atoms with Crippen molar-refractivity contribution in [1.29, 1.82) is 0 Å². The van der Waals surface area contributed by atoms with Crippen LogP contribution in [0.1, 0.15) is 52.4 Å². The van der Waals surface area contributed by atoms with Gasteiger partial charge >= 0.3 is 11.9 Å². The van der Waals surface area contributed by atoms with E-state index in [1.807, 2.05) is 13.8 Å². The zero-order valence-electron chi connectivity index (χ0n) is 14.3. The van der Waals surface area contributed by atoms with E-state index in [2.05, 4.69) is 0 Å². The van der Waals surface area contributed by atoms with E-state index in [9.17, 15) is 9.59 Å². The largest absolute Gasteiger partial charge is 0.462 e. The predicted molar refractivity (Wildman–Crippen MR) is 82.6 cm³/mol. The van der Waals surface area contributed by atoms with Crippen LogP contribution in [0.25, 0.3) is 0 Å². The molecule has 2 unspecified atom stereocenters. The molecule has 0 aliphatic heterocycles. The van der Waals surface area contributed by atoms with E-state index >= 15 is 0 Å². The van der Waals surface area contributed by atoms with Crippen LogP contribution in [0.4, 0.5) is 0 Å². The van der Waals surface area contributed by atoms with E-state index in [0.717, 1.165) is 12.8 Å². The second-order valence-electron chi connectivity index (χ2n) is 5.05. The van der Waals surface area contributed by atoms with E-state index in [1.165, 1.54) is 0 Å². The minimum atomic E-state index is -0.294. The summed E-state index contributed by atoms with van der Waals surface area (Å²) in [6, 6.07) is 0. The van der Waals surface area contributed by atoms with Crippen molar-refractivity contribution >= 4 is 11.9 Å². The summed E-state index contributed by atoms with van der Waals surface area (Å²) in [5.41, 5.74) is 0. The van der Waals surface area contributed by atoms with Crippen LogP contribution in [-0.2, 0) is 28.5 Å². The Bertz CT molecular complexity index is 267. The van der Waals surface area contributed by atoms with Gasteiger partial charge in [-0.1, -0.05) is 13.8 Å². The van der Waals surface area contributed by atoms with Gasteiger partial charge in [0.2, 0.25) is 0 Å². The summed E-state index contributed by atoms with van der Waals surface area (Å²) >= 11 is 0. The van der Waals surface area contributed by atoms with Gasteiger partial charge < -0.3 is 18.9 Å². The number of hydrogen-bond acceptors (Lipinski definition) is 6. The topological polar surface area (TPSA) is 71.1 Å². The predicted octanol–water partition coefficient (Wildman–Crippen LogP) is 2.48. The van der Waals surface area contributed by atoms with Crippen molar-refractivity contribution in [3.8, 4) is 0 Å². The first-order valence-electron chi connectivity index (χ1n) is 7.94. The van der Waals surface area contributed by atoms with Crippen molar-refractivity contribution in [3.63, 3.8) is 0 Å². The molecule has 0 aliphatic rings. The lowest BCUT2D eigenvalue weighted by Gasteiger charge is -2.13. The second-order valence-corrected chi connectivity index (χ2v) is 5.05. The summed E-state index contributed by atoms with van der Waals surface area (Å²) in [7, 11) is 3.26. The zero-order valence-corrected chi connectivity index (χ0v) is 14.3.